The molecule has 0 unspecified atom stereocenters. The van der Waals surface area contributed by atoms with E-state index in [1.807, 2.05) is 18.2 Å². The number of unbranched alkanes of at least 4 members (excludes halogenated alkanes) is 1. The van der Waals surface area contributed by atoms with Gasteiger partial charge in [0.2, 0.25) is 0 Å². The van der Waals surface area contributed by atoms with E-state index in [1.54, 1.807) is 0 Å². The maximum atomic E-state index is 3.52. The third-order valence-electron chi connectivity index (χ3n) is 4.29. The van der Waals surface area contributed by atoms with Crippen molar-refractivity contribution in [3.05, 3.63) is 90.5 Å². The summed E-state index contributed by atoms with van der Waals surface area (Å²) in [5, 5.41) is 10.3. The number of benzene rings is 3. The Morgan fingerprint density at radius 2 is 1.15 bits per heavy atom. The van der Waals surface area contributed by atoms with Crippen LogP contribution in [0.1, 0.15) is 18.4 Å². The minimum atomic E-state index is 0.699. The zero-order valence-electron chi connectivity index (χ0n) is 15.1. The molecule has 0 radical (unpaired) electrons. The first-order valence-corrected chi connectivity index (χ1v) is 9.31. The van der Waals surface area contributed by atoms with Crippen molar-refractivity contribution < 1.29 is 0 Å². The van der Waals surface area contributed by atoms with Crippen LogP contribution < -0.4 is 16.0 Å². The minimum absolute atomic E-state index is 0.699. The first-order valence-electron chi connectivity index (χ1n) is 9.31. The molecule has 3 rings (SSSR count). The Hall–Kier alpha value is -2.94. The highest BCUT2D eigenvalue weighted by atomic mass is 15.1. The lowest BCUT2D eigenvalue weighted by Gasteiger charge is -2.12. The van der Waals surface area contributed by atoms with E-state index in [1.165, 1.54) is 18.4 Å². The van der Waals surface area contributed by atoms with Crippen LogP contribution >= 0.6 is 0 Å². The topological polar surface area (TPSA) is 36.1 Å². The number of aryl methyl sites for hydroxylation is 1. The molecule has 0 aromatic heterocycles. The zero-order valence-corrected chi connectivity index (χ0v) is 15.1. The van der Waals surface area contributed by atoms with Gasteiger partial charge < -0.3 is 16.0 Å². The maximum Gasteiger partial charge on any atom is 0.0849 e. The van der Waals surface area contributed by atoms with Gasteiger partial charge >= 0.3 is 0 Å². The largest absolute Gasteiger partial charge is 0.385 e. The van der Waals surface area contributed by atoms with Crippen molar-refractivity contribution in [2.24, 2.45) is 0 Å². The lowest BCUT2D eigenvalue weighted by atomic mass is 10.1. The van der Waals surface area contributed by atoms with Crippen molar-refractivity contribution in [2.75, 3.05) is 29.2 Å². The molecular weight excluding hydrogens is 318 g/mol. The molecule has 0 aliphatic carbocycles. The third kappa shape index (κ3) is 6.17. The Bertz CT molecular complexity index is 757. The Morgan fingerprint density at radius 1 is 0.538 bits per heavy atom. The Labute approximate surface area is 156 Å². The summed E-state index contributed by atoms with van der Waals surface area (Å²) < 4.78 is 0. The van der Waals surface area contributed by atoms with E-state index >= 15 is 0 Å². The van der Waals surface area contributed by atoms with Crippen LogP contribution in [0, 0.1) is 0 Å². The molecule has 3 aromatic carbocycles. The van der Waals surface area contributed by atoms with Gasteiger partial charge in [-0.1, -0.05) is 54.6 Å². The molecule has 0 bridgehead atoms. The molecule has 3 N–H and O–H groups in total. The molecular formula is C23H27N3. The van der Waals surface area contributed by atoms with Gasteiger partial charge in [-0.25, -0.2) is 0 Å². The van der Waals surface area contributed by atoms with Crippen LogP contribution in [0.2, 0.25) is 0 Å². The smallest absolute Gasteiger partial charge is 0.0849 e. The molecule has 26 heavy (non-hydrogen) atoms. The van der Waals surface area contributed by atoms with Crippen molar-refractivity contribution in [1.29, 1.82) is 0 Å². The lowest BCUT2D eigenvalue weighted by Crippen LogP contribution is -2.11. The molecule has 0 atom stereocenters. The fourth-order valence-corrected chi connectivity index (χ4v) is 2.87. The van der Waals surface area contributed by atoms with Crippen LogP contribution in [-0.2, 0) is 6.42 Å². The van der Waals surface area contributed by atoms with Crippen LogP contribution in [0.4, 0.5) is 17.1 Å². The molecule has 0 saturated heterocycles. The van der Waals surface area contributed by atoms with Crippen molar-refractivity contribution >= 4 is 17.1 Å². The maximum absolute atomic E-state index is 3.52. The lowest BCUT2D eigenvalue weighted by molar-refractivity contribution is 0.763. The average molecular weight is 345 g/mol. The molecule has 0 fully saturated rings. The van der Waals surface area contributed by atoms with Gasteiger partial charge in [0.25, 0.3) is 0 Å². The number of hydrogen-bond donors (Lipinski definition) is 3. The molecule has 3 nitrogen and oxygen atoms in total. The standard InChI is InChI=1S/C23H27N3/c1-3-10-20(11-4-1)12-7-8-17-24-22-15-9-16-23(18-22)26-19-25-21-13-5-2-6-14-21/h1-6,9-11,13-16,18,24-26H,7-8,12,17,19H2. The molecule has 0 aliphatic rings. The highest BCUT2D eigenvalue weighted by molar-refractivity contribution is 5.57. The second-order valence-corrected chi connectivity index (χ2v) is 6.35. The van der Waals surface area contributed by atoms with Gasteiger partial charge in [0.1, 0.15) is 0 Å². The van der Waals surface area contributed by atoms with E-state index in [4.69, 9.17) is 0 Å². The van der Waals surface area contributed by atoms with Crippen molar-refractivity contribution in [1.82, 2.24) is 0 Å². The van der Waals surface area contributed by atoms with Gasteiger partial charge in [-0.3, -0.25) is 0 Å². The summed E-state index contributed by atoms with van der Waals surface area (Å²) in [6.45, 7) is 1.70. The van der Waals surface area contributed by atoms with Crippen LogP contribution in [0.5, 0.6) is 0 Å². The summed E-state index contributed by atoms with van der Waals surface area (Å²) in [5.41, 5.74) is 4.81. The SMILES string of the molecule is c1ccc(CCCCNc2cccc(NCNc3ccccc3)c2)cc1. The highest BCUT2D eigenvalue weighted by Gasteiger charge is 1.97. The van der Waals surface area contributed by atoms with E-state index in [9.17, 15) is 0 Å². The molecule has 0 amide bonds. The molecule has 0 heterocycles. The molecule has 0 spiro atoms. The fourth-order valence-electron chi connectivity index (χ4n) is 2.87. The highest BCUT2D eigenvalue weighted by Crippen LogP contribution is 2.15. The number of para-hydroxylation sites is 1. The second-order valence-electron chi connectivity index (χ2n) is 6.35. The monoisotopic (exact) mass is 345 g/mol. The summed E-state index contributed by atoms with van der Waals surface area (Å²) in [5.74, 6) is 0. The van der Waals surface area contributed by atoms with Crippen LogP contribution in [0.15, 0.2) is 84.9 Å². The zero-order chi connectivity index (χ0) is 17.9. The van der Waals surface area contributed by atoms with Crippen molar-refractivity contribution in [2.45, 2.75) is 19.3 Å². The van der Waals surface area contributed by atoms with Gasteiger partial charge in [0.05, 0.1) is 6.67 Å². The Kier molecular flexibility index (Phi) is 6.97. The van der Waals surface area contributed by atoms with E-state index < -0.39 is 0 Å². The second kappa shape index (κ2) is 10.1. The number of rotatable bonds is 10. The molecule has 0 saturated carbocycles. The van der Waals surface area contributed by atoms with E-state index in [0.717, 1.165) is 30.0 Å². The van der Waals surface area contributed by atoms with Crippen molar-refractivity contribution in [3.63, 3.8) is 0 Å². The Morgan fingerprint density at radius 3 is 1.92 bits per heavy atom. The molecule has 3 heteroatoms. The quantitative estimate of drug-likeness (QED) is 0.330. The van der Waals surface area contributed by atoms with Crippen molar-refractivity contribution in [3.8, 4) is 0 Å². The van der Waals surface area contributed by atoms with Gasteiger partial charge in [0, 0.05) is 23.6 Å². The van der Waals surface area contributed by atoms with Crippen LogP contribution in [-0.4, -0.2) is 13.2 Å². The number of anilines is 3. The third-order valence-corrected chi connectivity index (χ3v) is 4.29. The molecule has 0 aliphatic heterocycles. The van der Waals surface area contributed by atoms with E-state index in [2.05, 4.69) is 82.7 Å². The van der Waals surface area contributed by atoms with Crippen LogP contribution in [0.25, 0.3) is 0 Å². The summed E-state index contributed by atoms with van der Waals surface area (Å²) in [4.78, 5) is 0. The Balaban J connectivity index is 1.35. The normalized spacial score (nSPS) is 10.3. The van der Waals surface area contributed by atoms with Gasteiger partial charge in [-0.05, 0) is 55.2 Å². The summed E-state index contributed by atoms with van der Waals surface area (Å²) in [7, 11) is 0. The van der Waals surface area contributed by atoms with Gasteiger partial charge in [-0.2, -0.15) is 0 Å². The summed E-state index contributed by atoms with van der Waals surface area (Å²) >= 11 is 0. The van der Waals surface area contributed by atoms with E-state index in [0.29, 0.717) is 6.67 Å². The van der Waals surface area contributed by atoms with Gasteiger partial charge in [0.15, 0.2) is 0 Å². The number of hydrogen-bond acceptors (Lipinski definition) is 3. The minimum Gasteiger partial charge on any atom is -0.385 e. The molecule has 134 valence electrons. The van der Waals surface area contributed by atoms with Gasteiger partial charge in [-0.15, -0.1) is 0 Å². The average Bonchev–Trinajstić information content (AvgIpc) is 2.70. The van der Waals surface area contributed by atoms with E-state index in [-0.39, 0.29) is 0 Å². The van der Waals surface area contributed by atoms with Crippen LogP contribution in [0.3, 0.4) is 0 Å². The first kappa shape index (κ1) is 17.9. The predicted molar refractivity (Wildman–Crippen MR) is 113 cm³/mol. The summed E-state index contributed by atoms with van der Waals surface area (Å²) in [6, 6.07) is 29.4. The predicted octanol–water partition coefficient (Wildman–Crippen LogP) is 5.60. The first-order chi connectivity index (χ1) is 12.9. The fraction of sp³-hybridized carbons (Fsp3) is 0.217. The summed E-state index contributed by atoms with van der Waals surface area (Å²) in [6.07, 6.45) is 3.52. The number of nitrogens with one attached hydrogen (secondary N) is 3. The molecule has 3 aromatic rings.